The molecule has 0 fully saturated rings. The maximum atomic E-state index is 13.7. The predicted octanol–water partition coefficient (Wildman–Crippen LogP) is 5.53. The fourth-order valence-corrected chi connectivity index (χ4v) is 6.34. The summed E-state index contributed by atoms with van der Waals surface area (Å²) in [7, 11) is -2.39. The second kappa shape index (κ2) is 10.8. The number of rotatable bonds is 8. The Bertz CT molecular complexity index is 1790. The molecule has 0 unspecified atom stereocenters. The second-order valence-corrected chi connectivity index (χ2v) is 11.7. The molecule has 8 nitrogen and oxygen atoms in total. The number of carbonyl (C=O) groups is 1. The Labute approximate surface area is 229 Å². The molecular weight excluding hydrogens is 534 g/mol. The molecule has 0 spiro atoms. The zero-order valence-corrected chi connectivity index (χ0v) is 22.8. The van der Waals surface area contributed by atoms with Crippen LogP contribution < -0.4 is 19.2 Å². The first-order chi connectivity index (χ1) is 18.7. The van der Waals surface area contributed by atoms with E-state index in [0.29, 0.717) is 22.9 Å². The topological polar surface area (TPSA) is 97.7 Å². The zero-order valence-electron chi connectivity index (χ0n) is 21.2. The number of carbonyl (C=O) groups excluding carboxylic acids is 1. The lowest BCUT2D eigenvalue weighted by atomic mass is 10.2. The standard InChI is InChI=1S/C29H25N3O5S2/c1-20-8-15-25(16-9-20)39(35,36)32(22-11-13-24(14-12-22)37-23-6-4-3-5-7-23)19-28(33)30-21-10-17-26-27(18-21)38-29(34)31(26)2/h3-18H,19H2,1-2H3,(H,30,33). The lowest BCUT2D eigenvalue weighted by Gasteiger charge is -2.24. The molecule has 0 aliphatic heterocycles. The second-order valence-electron chi connectivity index (χ2n) is 8.89. The number of nitrogens with one attached hydrogen (secondary N) is 1. The van der Waals surface area contributed by atoms with Gasteiger partial charge < -0.3 is 14.6 Å². The monoisotopic (exact) mass is 559 g/mol. The van der Waals surface area contributed by atoms with E-state index < -0.39 is 22.5 Å². The number of ether oxygens (including phenoxy) is 1. The largest absolute Gasteiger partial charge is 0.457 e. The average Bonchev–Trinajstić information content (AvgIpc) is 3.21. The van der Waals surface area contributed by atoms with E-state index in [9.17, 15) is 18.0 Å². The Balaban J connectivity index is 1.43. The van der Waals surface area contributed by atoms with Crippen LogP contribution in [0.25, 0.3) is 10.2 Å². The smallest absolute Gasteiger partial charge is 0.307 e. The fraction of sp³-hybridized carbons (Fsp3) is 0.103. The highest BCUT2D eigenvalue weighted by Crippen LogP contribution is 2.28. The average molecular weight is 560 g/mol. The van der Waals surface area contributed by atoms with Crippen molar-refractivity contribution in [2.75, 3.05) is 16.2 Å². The molecule has 1 heterocycles. The van der Waals surface area contributed by atoms with Gasteiger partial charge in [-0.1, -0.05) is 47.2 Å². The molecule has 0 aliphatic carbocycles. The van der Waals surface area contributed by atoms with E-state index in [1.807, 2.05) is 37.3 Å². The summed E-state index contributed by atoms with van der Waals surface area (Å²) in [5.74, 6) is 0.643. The number of thiazole rings is 1. The van der Waals surface area contributed by atoms with Crippen molar-refractivity contribution in [1.82, 2.24) is 4.57 Å². The predicted molar refractivity (Wildman–Crippen MR) is 154 cm³/mol. The zero-order chi connectivity index (χ0) is 27.6. The third-order valence-electron chi connectivity index (χ3n) is 6.08. The molecule has 0 saturated heterocycles. The summed E-state index contributed by atoms with van der Waals surface area (Å²) in [4.78, 5) is 25.1. The van der Waals surface area contributed by atoms with E-state index in [2.05, 4.69) is 5.32 Å². The summed E-state index contributed by atoms with van der Waals surface area (Å²) in [6, 6.07) is 27.3. The van der Waals surface area contributed by atoms with Gasteiger partial charge in [0.1, 0.15) is 18.0 Å². The maximum Gasteiger partial charge on any atom is 0.307 e. The van der Waals surface area contributed by atoms with Gasteiger partial charge in [0.2, 0.25) is 5.91 Å². The Morgan fingerprint density at radius 3 is 2.28 bits per heavy atom. The molecular formula is C29H25N3O5S2. The fourth-order valence-electron chi connectivity index (χ4n) is 4.00. The van der Waals surface area contributed by atoms with Crippen LogP contribution in [-0.2, 0) is 21.9 Å². The van der Waals surface area contributed by atoms with Gasteiger partial charge >= 0.3 is 4.87 Å². The van der Waals surface area contributed by atoms with Crippen molar-refractivity contribution in [3.8, 4) is 11.5 Å². The highest BCUT2D eigenvalue weighted by molar-refractivity contribution is 7.92. The molecule has 4 aromatic carbocycles. The molecule has 5 aromatic rings. The van der Waals surface area contributed by atoms with Crippen LogP contribution in [0.3, 0.4) is 0 Å². The van der Waals surface area contributed by atoms with E-state index in [1.54, 1.807) is 61.6 Å². The SMILES string of the molecule is Cc1ccc(S(=O)(=O)N(CC(=O)Nc2ccc3c(c2)sc(=O)n3C)c2ccc(Oc3ccccc3)cc2)cc1. The Hall–Kier alpha value is -4.41. The van der Waals surface area contributed by atoms with Gasteiger partial charge in [-0.05, 0) is 73.7 Å². The van der Waals surface area contributed by atoms with Crippen LogP contribution in [0.4, 0.5) is 11.4 Å². The number of hydrogen-bond donors (Lipinski definition) is 1. The van der Waals surface area contributed by atoms with Crippen molar-refractivity contribution >= 4 is 48.9 Å². The van der Waals surface area contributed by atoms with E-state index in [4.69, 9.17) is 4.74 Å². The summed E-state index contributed by atoms with van der Waals surface area (Å²) in [5, 5.41) is 2.77. The van der Waals surface area contributed by atoms with Crippen molar-refractivity contribution in [2.45, 2.75) is 11.8 Å². The molecule has 5 rings (SSSR count). The molecule has 0 aliphatic rings. The van der Waals surface area contributed by atoms with Gasteiger partial charge in [-0.3, -0.25) is 13.9 Å². The van der Waals surface area contributed by atoms with Crippen molar-refractivity contribution in [3.05, 3.63) is 112 Å². The van der Waals surface area contributed by atoms with Gasteiger partial charge in [-0.25, -0.2) is 8.42 Å². The number of fused-ring (bicyclic) bond motifs is 1. The number of nitrogens with zero attached hydrogens (tertiary/aromatic N) is 2. The molecule has 0 atom stereocenters. The van der Waals surface area contributed by atoms with Crippen LogP contribution in [-0.4, -0.2) is 25.4 Å². The Morgan fingerprint density at radius 2 is 1.59 bits per heavy atom. The van der Waals surface area contributed by atoms with E-state index in [0.717, 1.165) is 31.4 Å². The van der Waals surface area contributed by atoms with Crippen LogP contribution >= 0.6 is 11.3 Å². The number of anilines is 2. The number of benzene rings is 4. The quantitative estimate of drug-likeness (QED) is 0.269. The minimum atomic E-state index is -4.08. The van der Waals surface area contributed by atoms with Crippen LogP contribution in [0, 0.1) is 6.92 Å². The molecule has 1 aromatic heterocycles. The molecule has 1 amide bonds. The number of hydrogen-bond acceptors (Lipinski definition) is 6. The van der Waals surface area contributed by atoms with Crippen LogP contribution in [0.1, 0.15) is 5.56 Å². The summed E-state index contributed by atoms with van der Waals surface area (Å²) in [5.41, 5.74) is 2.44. The molecule has 10 heteroatoms. The van der Waals surface area contributed by atoms with Crippen molar-refractivity contribution in [3.63, 3.8) is 0 Å². The normalized spacial score (nSPS) is 11.3. The summed E-state index contributed by atoms with van der Waals surface area (Å²) in [6.45, 7) is 1.41. The van der Waals surface area contributed by atoms with Gasteiger partial charge in [0.25, 0.3) is 10.0 Å². The van der Waals surface area contributed by atoms with Crippen molar-refractivity contribution in [2.24, 2.45) is 7.05 Å². The number of para-hydroxylation sites is 1. The number of aryl methyl sites for hydroxylation is 2. The number of aromatic nitrogens is 1. The van der Waals surface area contributed by atoms with E-state index in [1.165, 1.54) is 16.7 Å². The first-order valence-electron chi connectivity index (χ1n) is 12.0. The van der Waals surface area contributed by atoms with Crippen molar-refractivity contribution in [1.29, 1.82) is 0 Å². The minimum Gasteiger partial charge on any atom is -0.457 e. The first kappa shape index (κ1) is 26.2. The lowest BCUT2D eigenvalue weighted by molar-refractivity contribution is -0.114. The molecule has 0 radical (unpaired) electrons. The third-order valence-corrected chi connectivity index (χ3v) is 8.86. The highest BCUT2D eigenvalue weighted by Gasteiger charge is 2.27. The summed E-state index contributed by atoms with van der Waals surface area (Å²) < 4.78 is 36.6. The van der Waals surface area contributed by atoms with Crippen LogP contribution in [0.15, 0.2) is 107 Å². The molecule has 0 saturated carbocycles. The molecule has 1 N–H and O–H groups in total. The maximum absolute atomic E-state index is 13.7. The molecule has 0 bridgehead atoms. The van der Waals surface area contributed by atoms with Gasteiger partial charge in [0, 0.05) is 12.7 Å². The van der Waals surface area contributed by atoms with Gasteiger partial charge in [0.15, 0.2) is 0 Å². The van der Waals surface area contributed by atoms with Crippen LogP contribution in [0.5, 0.6) is 11.5 Å². The number of amides is 1. The number of sulfonamides is 1. The van der Waals surface area contributed by atoms with Gasteiger partial charge in [0.05, 0.1) is 20.8 Å². The Morgan fingerprint density at radius 1 is 0.923 bits per heavy atom. The molecule has 198 valence electrons. The summed E-state index contributed by atoms with van der Waals surface area (Å²) >= 11 is 1.07. The first-order valence-corrected chi connectivity index (χ1v) is 14.3. The van der Waals surface area contributed by atoms with Gasteiger partial charge in [-0.2, -0.15) is 0 Å². The minimum absolute atomic E-state index is 0.0704. The Kier molecular flexibility index (Phi) is 7.23. The summed E-state index contributed by atoms with van der Waals surface area (Å²) in [6.07, 6.45) is 0. The lowest BCUT2D eigenvalue weighted by Crippen LogP contribution is -2.38. The molecule has 39 heavy (non-hydrogen) atoms. The van der Waals surface area contributed by atoms with Crippen LogP contribution in [0.2, 0.25) is 0 Å². The highest BCUT2D eigenvalue weighted by atomic mass is 32.2. The van der Waals surface area contributed by atoms with Gasteiger partial charge in [-0.15, -0.1) is 0 Å². The van der Waals surface area contributed by atoms with E-state index in [-0.39, 0.29) is 9.77 Å². The van der Waals surface area contributed by atoms with Crippen molar-refractivity contribution < 1.29 is 17.9 Å². The van der Waals surface area contributed by atoms with E-state index >= 15 is 0 Å². The third kappa shape index (κ3) is 5.71.